The maximum absolute atomic E-state index is 14.1. The first-order chi connectivity index (χ1) is 13.7. The zero-order valence-electron chi connectivity index (χ0n) is 16.7. The Balaban J connectivity index is 1.56. The summed E-state index contributed by atoms with van der Waals surface area (Å²) in [5.74, 6) is -19.0. The van der Waals surface area contributed by atoms with Gasteiger partial charge >= 0.3 is 30.2 Å². The molecule has 0 aromatic carbocycles. The number of carbonyl (C=O) groups is 1. The zero-order valence-corrected chi connectivity index (χ0v) is 16.7. The Labute approximate surface area is 169 Å². The summed E-state index contributed by atoms with van der Waals surface area (Å²) in [6, 6.07) is 0. The molecule has 0 aromatic rings. The SMILES string of the molecule is CC1C2CC(C(=O)OC3CCC(C(F)(F)C(F)(F)C(F)(F)C(F)F)CC3)C(C2)C1C. The van der Waals surface area contributed by atoms with Crippen molar-refractivity contribution in [3.63, 3.8) is 0 Å². The lowest BCUT2D eigenvalue weighted by Crippen LogP contribution is -2.60. The molecule has 3 aliphatic carbocycles. The second-order valence-corrected chi connectivity index (χ2v) is 9.25. The predicted molar refractivity (Wildman–Crippen MR) is 90.7 cm³/mol. The van der Waals surface area contributed by atoms with Gasteiger partial charge in [-0.3, -0.25) is 4.79 Å². The van der Waals surface area contributed by atoms with Gasteiger partial charge in [0.25, 0.3) is 0 Å². The van der Waals surface area contributed by atoms with Gasteiger partial charge in [-0.1, -0.05) is 13.8 Å². The molecule has 5 atom stereocenters. The largest absolute Gasteiger partial charge is 0.462 e. The summed E-state index contributed by atoms with van der Waals surface area (Å²) in [5.41, 5.74) is 0. The number of alkyl halides is 8. The van der Waals surface area contributed by atoms with Crippen molar-refractivity contribution in [3.05, 3.63) is 0 Å². The molecule has 0 spiro atoms. The van der Waals surface area contributed by atoms with Crippen molar-refractivity contribution in [2.45, 2.75) is 82.7 Å². The molecule has 0 saturated heterocycles. The Morgan fingerprint density at radius 2 is 1.47 bits per heavy atom. The number of carbonyl (C=O) groups excluding carboxylic acids is 1. The summed E-state index contributed by atoms with van der Waals surface area (Å²) in [4.78, 5) is 12.5. The van der Waals surface area contributed by atoms with E-state index in [0.29, 0.717) is 24.2 Å². The summed E-state index contributed by atoms with van der Waals surface area (Å²) in [6.07, 6.45) is -5.67. The fourth-order valence-electron chi connectivity index (χ4n) is 5.62. The first kappa shape index (κ1) is 23.6. The fraction of sp³-hybridized carbons (Fsp3) is 0.950. The second kappa shape index (κ2) is 7.80. The zero-order chi connectivity index (χ0) is 22.6. The van der Waals surface area contributed by atoms with Gasteiger partial charge < -0.3 is 4.74 Å². The standard InChI is InChI=1S/C20H26F8O2/c1-9-10(2)14-7-11(9)8-15(14)16(29)30-13-5-3-12(4-6-13)18(23,24)20(27,28)19(25,26)17(21)22/h9-15,17H,3-8H2,1-2H3. The van der Waals surface area contributed by atoms with Gasteiger partial charge in [0.15, 0.2) is 0 Å². The van der Waals surface area contributed by atoms with Crippen molar-refractivity contribution in [3.8, 4) is 0 Å². The van der Waals surface area contributed by atoms with Gasteiger partial charge in [0, 0.05) is 5.92 Å². The van der Waals surface area contributed by atoms with Crippen LogP contribution in [0.2, 0.25) is 0 Å². The van der Waals surface area contributed by atoms with E-state index in [4.69, 9.17) is 4.74 Å². The quantitative estimate of drug-likeness (QED) is 0.357. The molecule has 3 saturated carbocycles. The van der Waals surface area contributed by atoms with E-state index in [9.17, 15) is 39.9 Å². The molecule has 3 rings (SSSR count). The Kier molecular flexibility index (Phi) is 6.13. The number of rotatable bonds is 6. The highest BCUT2D eigenvalue weighted by molar-refractivity contribution is 5.73. The third-order valence-corrected chi connectivity index (χ3v) is 7.78. The third-order valence-electron chi connectivity index (χ3n) is 7.78. The summed E-state index contributed by atoms with van der Waals surface area (Å²) < 4.78 is 111. The lowest BCUT2D eigenvalue weighted by atomic mass is 9.75. The van der Waals surface area contributed by atoms with Crippen molar-refractivity contribution < 1.29 is 44.7 Å². The van der Waals surface area contributed by atoms with E-state index in [1.165, 1.54) is 0 Å². The van der Waals surface area contributed by atoms with Crippen LogP contribution in [0.5, 0.6) is 0 Å². The number of hydrogen-bond donors (Lipinski definition) is 0. The number of fused-ring (bicyclic) bond motifs is 2. The highest BCUT2D eigenvalue weighted by Gasteiger charge is 2.76. The van der Waals surface area contributed by atoms with E-state index < -0.39 is 55.0 Å². The Morgan fingerprint density at radius 1 is 0.900 bits per heavy atom. The summed E-state index contributed by atoms with van der Waals surface area (Å²) in [7, 11) is 0. The Bertz CT molecular complexity index is 643. The molecule has 3 aliphatic rings. The average molecular weight is 450 g/mol. The molecule has 0 heterocycles. The van der Waals surface area contributed by atoms with Gasteiger partial charge in [-0.25, -0.2) is 8.78 Å². The maximum Gasteiger partial charge on any atom is 0.378 e. The van der Waals surface area contributed by atoms with Gasteiger partial charge in [-0.05, 0) is 62.2 Å². The maximum atomic E-state index is 14.1. The normalized spacial score (nSPS) is 37.6. The summed E-state index contributed by atoms with van der Waals surface area (Å²) >= 11 is 0. The van der Waals surface area contributed by atoms with Crippen LogP contribution in [0.15, 0.2) is 0 Å². The van der Waals surface area contributed by atoms with Crippen molar-refractivity contribution in [1.82, 2.24) is 0 Å². The van der Waals surface area contributed by atoms with Crippen LogP contribution in [-0.2, 0) is 9.53 Å². The van der Waals surface area contributed by atoms with Crippen molar-refractivity contribution in [2.75, 3.05) is 0 Å². The van der Waals surface area contributed by atoms with Crippen LogP contribution < -0.4 is 0 Å². The molecule has 5 unspecified atom stereocenters. The number of ether oxygens (including phenoxy) is 1. The smallest absolute Gasteiger partial charge is 0.378 e. The molecular formula is C20H26F8O2. The van der Waals surface area contributed by atoms with Crippen LogP contribution in [0.1, 0.15) is 52.4 Å². The van der Waals surface area contributed by atoms with Gasteiger partial charge in [0.2, 0.25) is 0 Å². The first-order valence-corrected chi connectivity index (χ1v) is 10.3. The van der Waals surface area contributed by atoms with Crippen LogP contribution in [0.25, 0.3) is 0 Å². The van der Waals surface area contributed by atoms with E-state index in [-0.39, 0.29) is 24.7 Å². The monoisotopic (exact) mass is 450 g/mol. The number of esters is 1. The number of hydrogen-bond acceptors (Lipinski definition) is 2. The Hall–Kier alpha value is -1.09. The van der Waals surface area contributed by atoms with Gasteiger partial charge in [0.1, 0.15) is 6.10 Å². The lowest BCUT2D eigenvalue weighted by molar-refractivity contribution is -0.352. The molecule has 10 heteroatoms. The second-order valence-electron chi connectivity index (χ2n) is 9.25. The highest BCUT2D eigenvalue weighted by Crippen LogP contribution is 2.56. The van der Waals surface area contributed by atoms with Crippen LogP contribution in [0, 0.1) is 35.5 Å². The van der Waals surface area contributed by atoms with Crippen LogP contribution in [0.3, 0.4) is 0 Å². The first-order valence-electron chi connectivity index (χ1n) is 10.3. The fourth-order valence-corrected chi connectivity index (χ4v) is 5.62. The third kappa shape index (κ3) is 3.59. The molecule has 2 nitrogen and oxygen atoms in total. The Morgan fingerprint density at radius 3 is 1.93 bits per heavy atom. The molecule has 3 fully saturated rings. The molecule has 174 valence electrons. The molecule has 0 radical (unpaired) electrons. The van der Waals surface area contributed by atoms with E-state index in [1.807, 2.05) is 0 Å². The van der Waals surface area contributed by atoms with Crippen LogP contribution in [-0.4, -0.2) is 36.3 Å². The van der Waals surface area contributed by atoms with Crippen molar-refractivity contribution in [1.29, 1.82) is 0 Å². The minimum atomic E-state index is -6.18. The van der Waals surface area contributed by atoms with Crippen molar-refractivity contribution >= 4 is 5.97 Å². The molecule has 0 aromatic heterocycles. The molecule has 0 aliphatic heterocycles. The molecule has 2 bridgehead atoms. The van der Waals surface area contributed by atoms with E-state index >= 15 is 0 Å². The van der Waals surface area contributed by atoms with E-state index in [0.717, 1.165) is 6.42 Å². The van der Waals surface area contributed by atoms with E-state index in [2.05, 4.69) is 13.8 Å². The van der Waals surface area contributed by atoms with Gasteiger partial charge in [-0.2, -0.15) is 26.3 Å². The predicted octanol–water partition coefficient (Wildman–Crippen LogP) is 6.19. The minimum absolute atomic E-state index is 0.199. The van der Waals surface area contributed by atoms with Gasteiger partial charge in [-0.15, -0.1) is 0 Å². The topological polar surface area (TPSA) is 26.3 Å². The molecule has 0 N–H and O–H groups in total. The number of halogens is 8. The average Bonchev–Trinajstić information content (AvgIpc) is 3.22. The molecule has 0 amide bonds. The van der Waals surface area contributed by atoms with Crippen molar-refractivity contribution in [2.24, 2.45) is 35.5 Å². The molecule has 30 heavy (non-hydrogen) atoms. The molecular weight excluding hydrogens is 424 g/mol. The van der Waals surface area contributed by atoms with Crippen LogP contribution in [0.4, 0.5) is 35.1 Å². The summed E-state index contributed by atoms with van der Waals surface area (Å²) in [6.45, 7) is 4.23. The lowest BCUT2D eigenvalue weighted by Gasteiger charge is -2.39. The highest BCUT2D eigenvalue weighted by atomic mass is 19.4. The minimum Gasteiger partial charge on any atom is -0.462 e. The van der Waals surface area contributed by atoms with E-state index in [1.54, 1.807) is 0 Å². The van der Waals surface area contributed by atoms with Gasteiger partial charge in [0.05, 0.1) is 5.92 Å². The summed E-state index contributed by atoms with van der Waals surface area (Å²) in [5, 5.41) is 0. The van der Waals surface area contributed by atoms with Crippen LogP contribution >= 0.6 is 0 Å².